The van der Waals surface area contributed by atoms with E-state index in [1.807, 2.05) is 27.7 Å². The van der Waals surface area contributed by atoms with Crippen molar-refractivity contribution >= 4 is 11.9 Å². The van der Waals surface area contributed by atoms with Crippen molar-refractivity contribution in [2.75, 3.05) is 6.61 Å². The summed E-state index contributed by atoms with van der Waals surface area (Å²) in [4.78, 5) is 23.7. The average Bonchev–Trinajstić information content (AvgIpc) is 2.37. The van der Waals surface area contributed by atoms with Crippen LogP contribution in [0.1, 0.15) is 53.4 Å². The number of amides is 1. The molecule has 1 saturated carbocycles. The Morgan fingerprint density at radius 2 is 1.80 bits per heavy atom. The quantitative estimate of drug-likeness (QED) is 0.768. The van der Waals surface area contributed by atoms with Gasteiger partial charge in [-0.05, 0) is 38.0 Å². The molecule has 5 nitrogen and oxygen atoms in total. The molecule has 0 bridgehead atoms. The van der Waals surface area contributed by atoms with Crippen molar-refractivity contribution in [2.45, 2.75) is 65.5 Å². The number of hydrogen-bond donors (Lipinski definition) is 2. The van der Waals surface area contributed by atoms with Gasteiger partial charge in [-0.15, -0.1) is 0 Å². The van der Waals surface area contributed by atoms with Gasteiger partial charge in [0.1, 0.15) is 0 Å². The minimum atomic E-state index is -0.509. The number of hydrogen-bond acceptors (Lipinski definition) is 4. The number of nitrogens with one attached hydrogen (secondary N) is 1. The van der Waals surface area contributed by atoms with E-state index < -0.39 is 6.04 Å². The van der Waals surface area contributed by atoms with Gasteiger partial charge < -0.3 is 15.8 Å². The van der Waals surface area contributed by atoms with Crippen LogP contribution in [-0.2, 0) is 14.3 Å². The molecule has 20 heavy (non-hydrogen) atoms. The molecule has 0 aromatic heterocycles. The van der Waals surface area contributed by atoms with E-state index in [1.165, 1.54) is 0 Å². The monoisotopic (exact) mass is 284 g/mol. The summed E-state index contributed by atoms with van der Waals surface area (Å²) in [7, 11) is 0. The van der Waals surface area contributed by atoms with Gasteiger partial charge in [-0.3, -0.25) is 9.59 Å². The maximum absolute atomic E-state index is 12.0. The van der Waals surface area contributed by atoms with Crippen LogP contribution in [0.15, 0.2) is 0 Å². The number of nitrogens with two attached hydrogens (primary N) is 1. The SMILES string of the molecule is CCOC(=O)C1CCC(NC(=O)C(N)C(C)(C)C)CC1. The molecule has 1 atom stereocenters. The molecule has 1 aliphatic rings. The first-order chi connectivity index (χ1) is 9.25. The molecule has 1 rings (SSSR count). The number of ether oxygens (including phenoxy) is 1. The number of esters is 1. The molecule has 0 aliphatic heterocycles. The van der Waals surface area contributed by atoms with Gasteiger partial charge in [0, 0.05) is 6.04 Å². The third kappa shape index (κ3) is 4.78. The molecule has 0 heterocycles. The third-order valence-electron chi connectivity index (χ3n) is 3.91. The lowest BCUT2D eigenvalue weighted by molar-refractivity contribution is -0.149. The summed E-state index contributed by atoms with van der Waals surface area (Å²) < 4.78 is 5.03. The van der Waals surface area contributed by atoms with Gasteiger partial charge >= 0.3 is 5.97 Å². The van der Waals surface area contributed by atoms with Crippen molar-refractivity contribution in [3.05, 3.63) is 0 Å². The summed E-state index contributed by atoms with van der Waals surface area (Å²) >= 11 is 0. The Morgan fingerprint density at radius 3 is 2.25 bits per heavy atom. The van der Waals surface area contributed by atoms with E-state index in [0.29, 0.717) is 6.61 Å². The first-order valence-corrected chi connectivity index (χ1v) is 7.48. The summed E-state index contributed by atoms with van der Waals surface area (Å²) in [6.07, 6.45) is 3.17. The number of carbonyl (C=O) groups excluding carboxylic acids is 2. The summed E-state index contributed by atoms with van der Waals surface area (Å²) in [6.45, 7) is 8.10. The molecular weight excluding hydrogens is 256 g/mol. The fourth-order valence-electron chi connectivity index (χ4n) is 2.42. The lowest BCUT2D eigenvalue weighted by atomic mass is 9.84. The van der Waals surface area contributed by atoms with Crippen LogP contribution < -0.4 is 11.1 Å². The van der Waals surface area contributed by atoms with E-state index in [4.69, 9.17) is 10.5 Å². The van der Waals surface area contributed by atoms with Gasteiger partial charge in [-0.25, -0.2) is 0 Å². The van der Waals surface area contributed by atoms with Crippen LogP contribution >= 0.6 is 0 Å². The maximum Gasteiger partial charge on any atom is 0.308 e. The van der Waals surface area contributed by atoms with Crippen molar-refractivity contribution in [3.63, 3.8) is 0 Å². The molecular formula is C15H28N2O3. The Kier molecular flexibility index (Phi) is 5.99. The van der Waals surface area contributed by atoms with Gasteiger partial charge in [0.15, 0.2) is 0 Å². The third-order valence-corrected chi connectivity index (χ3v) is 3.91. The molecule has 3 N–H and O–H groups in total. The van der Waals surface area contributed by atoms with E-state index in [0.717, 1.165) is 25.7 Å². The molecule has 0 radical (unpaired) electrons. The highest BCUT2D eigenvalue weighted by Crippen LogP contribution is 2.26. The largest absolute Gasteiger partial charge is 0.466 e. The second-order valence-corrected chi connectivity index (χ2v) is 6.65. The average molecular weight is 284 g/mol. The van der Waals surface area contributed by atoms with Crippen molar-refractivity contribution in [1.82, 2.24) is 5.32 Å². The molecule has 1 fully saturated rings. The first-order valence-electron chi connectivity index (χ1n) is 7.48. The summed E-state index contributed by atoms with van der Waals surface area (Å²) in [5.74, 6) is -0.222. The van der Waals surface area contributed by atoms with Gasteiger partial charge in [0.2, 0.25) is 5.91 Å². The van der Waals surface area contributed by atoms with Gasteiger partial charge in [0.25, 0.3) is 0 Å². The molecule has 0 aromatic carbocycles. The molecule has 0 saturated heterocycles. The molecule has 1 aliphatic carbocycles. The van der Waals surface area contributed by atoms with Crippen molar-refractivity contribution in [2.24, 2.45) is 17.1 Å². The van der Waals surface area contributed by atoms with Crippen molar-refractivity contribution in [3.8, 4) is 0 Å². The summed E-state index contributed by atoms with van der Waals surface area (Å²) in [6, 6.07) is -0.383. The van der Waals surface area contributed by atoms with Gasteiger partial charge in [0.05, 0.1) is 18.6 Å². The minimum Gasteiger partial charge on any atom is -0.466 e. The van der Waals surface area contributed by atoms with E-state index in [-0.39, 0.29) is 29.3 Å². The second kappa shape index (κ2) is 7.07. The predicted octanol–water partition coefficient (Wildman–Crippen LogP) is 1.60. The number of carbonyl (C=O) groups is 2. The molecule has 0 aromatic rings. The normalized spacial score (nSPS) is 24.9. The zero-order valence-electron chi connectivity index (χ0n) is 13.1. The smallest absolute Gasteiger partial charge is 0.308 e. The van der Waals surface area contributed by atoms with E-state index in [1.54, 1.807) is 0 Å². The molecule has 0 spiro atoms. The highest BCUT2D eigenvalue weighted by Gasteiger charge is 2.31. The van der Waals surface area contributed by atoms with E-state index in [2.05, 4.69) is 5.32 Å². The Bertz CT molecular complexity index is 342. The molecule has 1 amide bonds. The molecule has 5 heteroatoms. The Balaban J connectivity index is 2.39. The fraction of sp³-hybridized carbons (Fsp3) is 0.867. The highest BCUT2D eigenvalue weighted by molar-refractivity contribution is 5.82. The van der Waals surface area contributed by atoms with E-state index >= 15 is 0 Å². The lowest BCUT2D eigenvalue weighted by Gasteiger charge is -2.31. The fourth-order valence-corrected chi connectivity index (χ4v) is 2.42. The number of rotatable bonds is 4. The Morgan fingerprint density at radius 1 is 1.25 bits per heavy atom. The van der Waals surface area contributed by atoms with Crippen LogP contribution in [0.5, 0.6) is 0 Å². The Hall–Kier alpha value is -1.10. The topological polar surface area (TPSA) is 81.4 Å². The maximum atomic E-state index is 12.0. The summed E-state index contributed by atoms with van der Waals surface area (Å²) in [5, 5.41) is 3.00. The Labute approximate surface area is 121 Å². The minimum absolute atomic E-state index is 0.0145. The molecule has 1 unspecified atom stereocenters. The zero-order valence-corrected chi connectivity index (χ0v) is 13.1. The van der Waals surface area contributed by atoms with E-state index in [9.17, 15) is 9.59 Å². The van der Waals surface area contributed by atoms with Crippen LogP contribution in [0.4, 0.5) is 0 Å². The van der Waals surface area contributed by atoms with Crippen LogP contribution in [0.3, 0.4) is 0 Å². The first kappa shape index (κ1) is 17.0. The molecule has 116 valence electrons. The van der Waals surface area contributed by atoms with Crippen LogP contribution in [0, 0.1) is 11.3 Å². The lowest BCUT2D eigenvalue weighted by Crippen LogP contribution is -2.52. The predicted molar refractivity (Wildman–Crippen MR) is 78.0 cm³/mol. The van der Waals surface area contributed by atoms with Crippen LogP contribution in [-0.4, -0.2) is 30.6 Å². The second-order valence-electron chi connectivity index (χ2n) is 6.65. The zero-order chi connectivity index (χ0) is 15.3. The van der Waals surface area contributed by atoms with Crippen LogP contribution in [0.2, 0.25) is 0 Å². The highest BCUT2D eigenvalue weighted by atomic mass is 16.5. The standard InChI is InChI=1S/C15H28N2O3/c1-5-20-14(19)10-6-8-11(9-7-10)17-13(18)12(16)15(2,3)4/h10-12H,5-9,16H2,1-4H3,(H,17,18). The van der Waals surface area contributed by atoms with Gasteiger partial charge in [-0.1, -0.05) is 20.8 Å². The summed E-state index contributed by atoms with van der Waals surface area (Å²) in [5.41, 5.74) is 5.70. The van der Waals surface area contributed by atoms with Crippen molar-refractivity contribution in [1.29, 1.82) is 0 Å². The van der Waals surface area contributed by atoms with Crippen LogP contribution in [0.25, 0.3) is 0 Å². The van der Waals surface area contributed by atoms with Gasteiger partial charge in [-0.2, -0.15) is 0 Å². The van der Waals surface area contributed by atoms with Crippen molar-refractivity contribution < 1.29 is 14.3 Å².